The predicted octanol–water partition coefficient (Wildman–Crippen LogP) is 4.28. The largest absolute Gasteiger partial charge is 0.362 e. The van der Waals surface area contributed by atoms with Crippen molar-refractivity contribution in [3.63, 3.8) is 0 Å². The first-order valence-corrected chi connectivity index (χ1v) is 6.29. The molecule has 0 fully saturated rings. The van der Waals surface area contributed by atoms with Crippen LogP contribution in [0.3, 0.4) is 0 Å². The Labute approximate surface area is 104 Å². The van der Waals surface area contributed by atoms with Gasteiger partial charge in [-0.3, -0.25) is 0 Å². The van der Waals surface area contributed by atoms with Crippen LogP contribution in [0.1, 0.15) is 22.7 Å². The van der Waals surface area contributed by atoms with E-state index in [1.54, 1.807) is 17.5 Å². The lowest BCUT2D eigenvalue weighted by molar-refractivity contribution is 0.896. The van der Waals surface area contributed by atoms with Crippen molar-refractivity contribution < 1.29 is 0 Å². The van der Waals surface area contributed by atoms with Gasteiger partial charge in [-0.15, -0.1) is 11.3 Å². The molecule has 2 aromatic rings. The average Bonchev–Trinajstić information content (AvgIpc) is 2.68. The summed E-state index contributed by atoms with van der Waals surface area (Å²) in [6, 6.07) is 8.15. The van der Waals surface area contributed by atoms with Gasteiger partial charge in [-0.05, 0) is 38.1 Å². The zero-order chi connectivity index (χ0) is 11.5. The number of aryl methyl sites for hydroxylation is 1. The summed E-state index contributed by atoms with van der Waals surface area (Å²) in [7, 11) is 0. The summed E-state index contributed by atoms with van der Waals surface area (Å²) in [5.74, 6) is 0.739. The minimum atomic E-state index is 0.228. The van der Waals surface area contributed by atoms with Crippen molar-refractivity contribution >= 4 is 28.8 Å². The van der Waals surface area contributed by atoms with Gasteiger partial charge in [0.05, 0.1) is 11.1 Å². The molecule has 2 heterocycles. The Hall–Kier alpha value is -1.06. The van der Waals surface area contributed by atoms with E-state index >= 15 is 0 Å². The molecule has 0 saturated carbocycles. The number of aromatic nitrogens is 1. The highest BCUT2D eigenvalue weighted by Crippen LogP contribution is 2.27. The summed E-state index contributed by atoms with van der Waals surface area (Å²) in [6.45, 7) is 4.21. The third-order valence-corrected chi connectivity index (χ3v) is 3.79. The number of hydrogen-bond acceptors (Lipinski definition) is 3. The molecule has 2 aromatic heterocycles. The standard InChI is InChI=1S/C12H13ClN2S/c1-8-5-6-11(16-8)9(2)15-12-10(13)4-3-7-14-12/h3-7,9H,1-2H3,(H,14,15). The summed E-state index contributed by atoms with van der Waals surface area (Å²) < 4.78 is 0. The highest BCUT2D eigenvalue weighted by molar-refractivity contribution is 7.12. The van der Waals surface area contributed by atoms with Gasteiger partial charge >= 0.3 is 0 Å². The molecular weight excluding hydrogens is 240 g/mol. The second-order valence-corrected chi connectivity index (χ2v) is 5.37. The average molecular weight is 253 g/mol. The molecule has 1 atom stereocenters. The van der Waals surface area contributed by atoms with E-state index in [1.165, 1.54) is 9.75 Å². The van der Waals surface area contributed by atoms with Crippen LogP contribution in [0, 0.1) is 6.92 Å². The van der Waals surface area contributed by atoms with Gasteiger partial charge in [0.15, 0.2) is 0 Å². The molecule has 0 amide bonds. The maximum absolute atomic E-state index is 6.04. The van der Waals surface area contributed by atoms with E-state index in [0.717, 1.165) is 5.82 Å². The minimum absolute atomic E-state index is 0.228. The van der Waals surface area contributed by atoms with Crippen LogP contribution in [-0.4, -0.2) is 4.98 Å². The zero-order valence-electron chi connectivity index (χ0n) is 9.20. The van der Waals surface area contributed by atoms with Gasteiger partial charge in [0.25, 0.3) is 0 Å². The summed E-state index contributed by atoms with van der Waals surface area (Å²) in [5, 5.41) is 3.96. The Morgan fingerprint density at radius 3 is 2.81 bits per heavy atom. The first-order chi connectivity index (χ1) is 7.66. The summed E-state index contributed by atoms with van der Waals surface area (Å²) in [6.07, 6.45) is 1.74. The van der Waals surface area contributed by atoms with Crippen molar-refractivity contribution in [1.82, 2.24) is 4.98 Å². The van der Waals surface area contributed by atoms with Crippen molar-refractivity contribution in [2.24, 2.45) is 0 Å². The van der Waals surface area contributed by atoms with Gasteiger partial charge in [-0.2, -0.15) is 0 Å². The predicted molar refractivity (Wildman–Crippen MR) is 70.3 cm³/mol. The fraction of sp³-hybridized carbons (Fsp3) is 0.250. The van der Waals surface area contributed by atoms with Crippen LogP contribution in [0.2, 0.25) is 5.02 Å². The molecule has 4 heteroatoms. The van der Waals surface area contributed by atoms with E-state index in [0.29, 0.717) is 5.02 Å². The molecular formula is C12H13ClN2S. The van der Waals surface area contributed by atoms with E-state index < -0.39 is 0 Å². The molecule has 0 aliphatic heterocycles. The maximum Gasteiger partial charge on any atom is 0.145 e. The van der Waals surface area contributed by atoms with Gasteiger partial charge in [0, 0.05) is 16.0 Å². The first-order valence-electron chi connectivity index (χ1n) is 5.10. The number of halogens is 1. The molecule has 1 unspecified atom stereocenters. The monoisotopic (exact) mass is 252 g/mol. The molecule has 0 aliphatic rings. The summed E-state index contributed by atoms with van der Waals surface area (Å²) in [4.78, 5) is 6.82. The quantitative estimate of drug-likeness (QED) is 0.882. The van der Waals surface area contributed by atoms with E-state index in [1.807, 2.05) is 12.1 Å². The minimum Gasteiger partial charge on any atom is -0.362 e. The van der Waals surface area contributed by atoms with Gasteiger partial charge < -0.3 is 5.32 Å². The lowest BCUT2D eigenvalue weighted by atomic mass is 10.2. The molecule has 0 bridgehead atoms. The number of thiophene rings is 1. The molecule has 1 N–H and O–H groups in total. The van der Waals surface area contributed by atoms with E-state index in [-0.39, 0.29) is 6.04 Å². The Kier molecular flexibility index (Phi) is 3.46. The zero-order valence-corrected chi connectivity index (χ0v) is 10.8. The molecule has 84 valence electrons. The second-order valence-electron chi connectivity index (χ2n) is 3.65. The molecule has 0 aliphatic carbocycles. The van der Waals surface area contributed by atoms with Crippen molar-refractivity contribution in [3.8, 4) is 0 Å². The van der Waals surface area contributed by atoms with Crippen LogP contribution < -0.4 is 5.32 Å². The van der Waals surface area contributed by atoms with Crippen molar-refractivity contribution in [1.29, 1.82) is 0 Å². The highest BCUT2D eigenvalue weighted by Gasteiger charge is 2.09. The van der Waals surface area contributed by atoms with Crippen LogP contribution >= 0.6 is 22.9 Å². The van der Waals surface area contributed by atoms with Gasteiger partial charge in [0.2, 0.25) is 0 Å². The van der Waals surface area contributed by atoms with Crippen LogP contribution in [0.25, 0.3) is 0 Å². The lowest BCUT2D eigenvalue weighted by Gasteiger charge is -2.13. The summed E-state index contributed by atoms with van der Waals surface area (Å²) >= 11 is 7.83. The maximum atomic E-state index is 6.04. The number of nitrogens with zero attached hydrogens (tertiary/aromatic N) is 1. The SMILES string of the molecule is Cc1ccc(C(C)Nc2ncccc2Cl)s1. The molecule has 0 saturated heterocycles. The fourth-order valence-electron chi connectivity index (χ4n) is 1.45. The van der Waals surface area contributed by atoms with E-state index in [9.17, 15) is 0 Å². The molecule has 0 radical (unpaired) electrons. The van der Waals surface area contributed by atoms with Crippen molar-refractivity contribution in [2.75, 3.05) is 5.32 Å². The lowest BCUT2D eigenvalue weighted by Crippen LogP contribution is -2.06. The Balaban J connectivity index is 2.13. The van der Waals surface area contributed by atoms with Gasteiger partial charge in [-0.25, -0.2) is 4.98 Å². The molecule has 0 aromatic carbocycles. The van der Waals surface area contributed by atoms with E-state index in [4.69, 9.17) is 11.6 Å². The number of pyridine rings is 1. The molecule has 2 rings (SSSR count). The highest BCUT2D eigenvalue weighted by atomic mass is 35.5. The first kappa shape index (κ1) is 11.4. The summed E-state index contributed by atoms with van der Waals surface area (Å²) in [5.41, 5.74) is 0. The number of anilines is 1. The third-order valence-electron chi connectivity index (χ3n) is 2.30. The van der Waals surface area contributed by atoms with Gasteiger partial charge in [-0.1, -0.05) is 11.6 Å². The van der Waals surface area contributed by atoms with Crippen LogP contribution in [0.4, 0.5) is 5.82 Å². The van der Waals surface area contributed by atoms with E-state index in [2.05, 4.69) is 36.3 Å². The Morgan fingerprint density at radius 1 is 1.38 bits per heavy atom. The van der Waals surface area contributed by atoms with Crippen LogP contribution in [0.15, 0.2) is 30.5 Å². The topological polar surface area (TPSA) is 24.9 Å². The van der Waals surface area contributed by atoms with Crippen molar-refractivity contribution in [2.45, 2.75) is 19.9 Å². The Morgan fingerprint density at radius 2 is 2.19 bits per heavy atom. The van der Waals surface area contributed by atoms with Crippen LogP contribution in [0.5, 0.6) is 0 Å². The molecule has 2 nitrogen and oxygen atoms in total. The smallest absolute Gasteiger partial charge is 0.145 e. The molecule has 16 heavy (non-hydrogen) atoms. The Bertz CT molecular complexity index is 481. The third kappa shape index (κ3) is 2.54. The second kappa shape index (κ2) is 4.85. The van der Waals surface area contributed by atoms with Crippen LogP contribution in [-0.2, 0) is 0 Å². The fourth-order valence-corrected chi connectivity index (χ4v) is 2.51. The number of rotatable bonds is 3. The number of nitrogens with one attached hydrogen (secondary N) is 1. The van der Waals surface area contributed by atoms with Crippen molar-refractivity contribution in [3.05, 3.63) is 45.2 Å². The normalized spacial score (nSPS) is 12.4. The van der Waals surface area contributed by atoms with Gasteiger partial charge in [0.1, 0.15) is 5.82 Å². The number of hydrogen-bond donors (Lipinski definition) is 1. The molecule has 0 spiro atoms.